The lowest BCUT2D eigenvalue weighted by atomic mass is 10.0. The number of hydroxylamine groups is 1. The minimum Gasteiger partial charge on any atom is -0.459 e. The third kappa shape index (κ3) is 6.00. The van der Waals surface area contributed by atoms with Crippen molar-refractivity contribution in [2.75, 3.05) is 0 Å². The molecule has 1 rings (SSSR count). The molecule has 23 heavy (non-hydrogen) atoms. The van der Waals surface area contributed by atoms with Crippen LogP contribution in [0.25, 0.3) is 0 Å². The van der Waals surface area contributed by atoms with Gasteiger partial charge in [0, 0.05) is 0 Å². The van der Waals surface area contributed by atoms with Crippen LogP contribution in [0.2, 0.25) is 0 Å². The second kappa shape index (κ2) is 9.27. The normalized spacial score (nSPS) is 13.7. The van der Waals surface area contributed by atoms with E-state index in [0.717, 1.165) is 5.56 Å². The summed E-state index contributed by atoms with van der Waals surface area (Å²) in [6.45, 7) is 7.40. The largest absolute Gasteiger partial charge is 0.459 e. The zero-order chi connectivity index (χ0) is 17.4. The quantitative estimate of drug-likeness (QED) is 0.502. The SMILES string of the molecule is CC(C)[C@H](NC(=O)[C@H](NO)C(C)C)C(=O)OCc1ccccc1. The molecule has 0 heterocycles. The van der Waals surface area contributed by atoms with Gasteiger partial charge in [0.1, 0.15) is 18.7 Å². The molecule has 0 saturated heterocycles. The molecule has 0 aliphatic heterocycles. The van der Waals surface area contributed by atoms with Gasteiger partial charge in [-0.1, -0.05) is 58.0 Å². The number of ether oxygens (including phenoxy) is 1. The summed E-state index contributed by atoms with van der Waals surface area (Å²) >= 11 is 0. The van der Waals surface area contributed by atoms with Crippen molar-refractivity contribution < 1.29 is 19.5 Å². The molecule has 0 fully saturated rings. The Bertz CT molecular complexity index is 503. The van der Waals surface area contributed by atoms with Crippen LogP contribution in [0.4, 0.5) is 0 Å². The van der Waals surface area contributed by atoms with Crippen LogP contribution < -0.4 is 10.8 Å². The zero-order valence-electron chi connectivity index (χ0n) is 14.1. The van der Waals surface area contributed by atoms with Crippen LogP contribution in [0.3, 0.4) is 0 Å². The van der Waals surface area contributed by atoms with Gasteiger partial charge in [0.05, 0.1) is 0 Å². The van der Waals surface area contributed by atoms with Crippen LogP contribution in [0.15, 0.2) is 30.3 Å². The number of esters is 1. The summed E-state index contributed by atoms with van der Waals surface area (Å²) in [6, 6.07) is 7.80. The first-order chi connectivity index (χ1) is 10.9. The van der Waals surface area contributed by atoms with E-state index >= 15 is 0 Å². The van der Waals surface area contributed by atoms with Crippen LogP contribution in [-0.4, -0.2) is 29.2 Å². The third-order valence-corrected chi connectivity index (χ3v) is 3.53. The van der Waals surface area contributed by atoms with Gasteiger partial charge in [-0.2, -0.15) is 5.48 Å². The lowest BCUT2D eigenvalue weighted by molar-refractivity contribution is -0.151. The molecule has 1 aromatic carbocycles. The predicted octanol–water partition coefficient (Wildman–Crippen LogP) is 1.87. The number of benzene rings is 1. The summed E-state index contributed by atoms with van der Waals surface area (Å²) in [7, 11) is 0. The first kappa shape index (κ1) is 19.1. The van der Waals surface area contributed by atoms with E-state index in [1.807, 2.05) is 49.7 Å². The van der Waals surface area contributed by atoms with E-state index in [9.17, 15) is 9.59 Å². The van der Waals surface area contributed by atoms with Crippen LogP contribution in [0.1, 0.15) is 33.3 Å². The molecule has 0 saturated carbocycles. The lowest BCUT2D eigenvalue weighted by Gasteiger charge is -2.25. The Hall–Kier alpha value is -1.92. The molecule has 0 unspecified atom stereocenters. The van der Waals surface area contributed by atoms with Crippen molar-refractivity contribution in [1.82, 2.24) is 10.8 Å². The number of rotatable bonds is 8. The third-order valence-electron chi connectivity index (χ3n) is 3.53. The van der Waals surface area contributed by atoms with Gasteiger partial charge in [0.15, 0.2) is 0 Å². The summed E-state index contributed by atoms with van der Waals surface area (Å²) in [5.74, 6) is -1.17. The van der Waals surface area contributed by atoms with Gasteiger partial charge in [0.25, 0.3) is 0 Å². The summed E-state index contributed by atoms with van der Waals surface area (Å²) in [5, 5.41) is 11.7. The Morgan fingerprint density at radius 1 is 1.04 bits per heavy atom. The van der Waals surface area contributed by atoms with Crippen LogP contribution in [-0.2, 0) is 20.9 Å². The maximum Gasteiger partial charge on any atom is 0.329 e. The smallest absolute Gasteiger partial charge is 0.329 e. The molecular weight excluding hydrogens is 296 g/mol. The minimum atomic E-state index is -0.779. The van der Waals surface area contributed by atoms with Crippen LogP contribution in [0.5, 0.6) is 0 Å². The maximum absolute atomic E-state index is 12.3. The van der Waals surface area contributed by atoms with Crippen LogP contribution >= 0.6 is 0 Å². The highest BCUT2D eigenvalue weighted by molar-refractivity contribution is 5.87. The van der Waals surface area contributed by atoms with E-state index in [1.54, 1.807) is 13.8 Å². The number of carbonyl (C=O) groups is 2. The monoisotopic (exact) mass is 322 g/mol. The molecule has 6 heteroatoms. The van der Waals surface area contributed by atoms with Crippen molar-refractivity contribution in [1.29, 1.82) is 0 Å². The number of hydrogen-bond acceptors (Lipinski definition) is 5. The van der Waals surface area contributed by atoms with Crippen molar-refractivity contribution in [3.05, 3.63) is 35.9 Å². The first-order valence-electron chi connectivity index (χ1n) is 7.77. The molecule has 0 aliphatic rings. The molecule has 0 bridgehead atoms. The average Bonchev–Trinajstić information content (AvgIpc) is 2.51. The number of nitrogens with one attached hydrogen (secondary N) is 2. The molecular formula is C17H26N2O4. The van der Waals surface area contributed by atoms with E-state index in [0.29, 0.717) is 0 Å². The van der Waals surface area contributed by atoms with E-state index in [4.69, 9.17) is 9.94 Å². The van der Waals surface area contributed by atoms with Crippen molar-refractivity contribution in [2.45, 2.75) is 46.4 Å². The highest BCUT2D eigenvalue weighted by Gasteiger charge is 2.30. The standard InChI is InChI=1S/C17H26N2O4/c1-11(2)14(19-22)16(20)18-15(12(3)4)17(21)23-10-13-8-6-5-7-9-13/h5-9,11-12,14-15,19,22H,10H2,1-4H3,(H,18,20)/t14-,15+/m1/s1. The van der Waals surface area contributed by atoms with Gasteiger partial charge >= 0.3 is 5.97 Å². The van der Waals surface area contributed by atoms with Crippen molar-refractivity contribution >= 4 is 11.9 Å². The molecule has 0 radical (unpaired) electrons. The maximum atomic E-state index is 12.3. The van der Waals surface area contributed by atoms with Crippen molar-refractivity contribution in [3.8, 4) is 0 Å². The predicted molar refractivity (Wildman–Crippen MR) is 86.6 cm³/mol. The highest BCUT2D eigenvalue weighted by atomic mass is 16.5. The van der Waals surface area contributed by atoms with Crippen molar-refractivity contribution in [3.63, 3.8) is 0 Å². The topological polar surface area (TPSA) is 87.7 Å². The molecule has 0 spiro atoms. The van der Waals surface area contributed by atoms with Crippen LogP contribution in [0, 0.1) is 11.8 Å². The molecule has 128 valence electrons. The molecule has 6 nitrogen and oxygen atoms in total. The summed E-state index contributed by atoms with van der Waals surface area (Å²) in [6.07, 6.45) is 0. The molecule has 3 N–H and O–H groups in total. The number of carbonyl (C=O) groups excluding carboxylic acids is 2. The van der Waals surface area contributed by atoms with E-state index in [2.05, 4.69) is 5.32 Å². The molecule has 1 aromatic rings. The molecule has 0 aliphatic carbocycles. The fourth-order valence-electron chi connectivity index (χ4n) is 2.07. The molecule has 2 atom stereocenters. The van der Waals surface area contributed by atoms with Gasteiger partial charge in [0.2, 0.25) is 5.91 Å². The van der Waals surface area contributed by atoms with E-state index in [-0.39, 0.29) is 18.4 Å². The molecule has 1 amide bonds. The van der Waals surface area contributed by atoms with Gasteiger partial charge in [-0.15, -0.1) is 0 Å². The summed E-state index contributed by atoms with van der Waals surface area (Å²) < 4.78 is 5.29. The highest BCUT2D eigenvalue weighted by Crippen LogP contribution is 2.09. The van der Waals surface area contributed by atoms with Gasteiger partial charge < -0.3 is 15.3 Å². The Morgan fingerprint density at radius 3 is 2.09 bits per heavy atom. The van der Waals surface area contributed by atoms with E-state index in [1.165, 1.54) is 0 Å². The molecule has 0 aromatic heterocycles. The summed E-state index contributed by atoms with van der Waals surface area (Å²) in [5.41, 5.74) is 2.86. The van der Waals surface area contributed by atoms with Gasteiger partial charge in [-0.3, -0.25) is 4.79 Å². The summed E-state index contributed by atoms with van der Waals surface area (Å²) in [4.78, 5) is 24.4. The minimum absolute atomic E-state index is 0.117. The lowest BCUT2D eigenvalue weighted by Crippen LogP contribution is -2.53. The number of amides is 1. The van der Waals surface area contributed by atoms with E-state index < -0.39 is 24.0 Å². The fraction of sp³-hybridized carbons (Fsp3) is 0.529. The Morgan fingerprint density at radius 2 is 1.61 bits per heavy atom. The average molecular weight is 322 g/mol. The van der Waals surface area contributed by atoms with Crippen molar-refractivity contribution in [2.24, 2.45) is 11.8 Å². The van der Waals surface area contributed by atoms with Gasteiger partial charge in [-0.05, 0) is 17.4 Å². The fourth-order valence-corrected chi connectivity index (χ4v) is 2.07. The Labute approximate surface area is 137 Å². The van der Waals surface area contributed by atoms with Gasteiger partial charge in [-0.25, -0.2) is 4.79 Å². The second-order valence-corrected chi connectivity index (χ2v) is 6.17. The Kier molecular flexibility index (Phi) is 7.71. The second-order valence-electron chi connectivity index (χ2n) is 6.17. The first-order valence-corrected chi connectivity index (χ1v) is 7.77. The number of hydrogen-bond donors (Lipinski definition) is 3. The Balaban J connectivity index is 2.66. The zero-order valence-corrected chi connectivity index (χ0v) is 14.1.